The Labute approximate surface area is 278 Å². The fraction of sp³-hybridized carbons (Fsp3) is 0.500. The molecule has 4 aromatic rings. The molecule has 1 atom stereocenters. The second-order valence-electron chi connectivity index (χ2n) is 13.9. The van der Waals surface area contributed by atoms with Crippen LogP contribution in [0.1, 0.15) is 67.0 Å². The van der Waals surface area contributed by atoms with Crippen LogP contribution in [0.2, 0.25) is 0 Å². The number of imidazole rings is 1. The molecule has 1 aromatic carbocycles. The fourth-order valence-electron chi connectivity index (χ4n) is 5.81. The molecule has 1 aliphatic heterocycles. The number of piperidine rings is 1. The number of anilines is 1. The van der Waals surface area contributed by atoms with Crippen LogP contribution in [0.25, 0.3) is 22.1 Å². The Hall–Kier alpha value is -5.19. The van der Waals surface area contributed by atoms with E-state index in [4.69, 9.17) is 14.5 Å². The molecule has 0 saturated carbocycles. The Morgan fingerprint density at radius 3 is 2.40 bits per heavy atom. The molecule has 0 bridgehead atoms. The molecule has 14 heteroatoms. The lowest BCUT2D eigenvalue weighted by Crippen LogP contribution is -2.49. The number of ether oxygens (including phenoxy) is 2. The third-order valence-electron chi connectivity index (χ3n) is 7.76. The van der Waals surface area contributed by atoms with Crippen molar-refractivity contribution in [2.45, 2.75) is 91.6 Å². The van der Waals surface area contributed by atoms with Gasteiger partial charge in [0.15, 0.2) is 11.2 Å². The number of para-hydroxylation sites is 1. The number of rotatable bonds is 6. The van der Waals surface area contributed by atoms with Gasteiger partial charge in [-0.25, -0.2) is 19.8 Å². The monoisotopic (exact) mass is 660 g/mol. The summed E-state index contributed by atoms with van der Waals surface area (Å²) in [5, 5.41) is 3.76. The molecule has 0 aliphatic carbocycles. The van der Waals surface area contributed by atoms with Gasteiger partial charge in [-0.3, -0.25) is 23.2 Å². The van der Waals surface area contributed by atoms with Gasteiger partial charge in [0, 0.05) is 31.6 Å². The molecule has 2 amide bonds. The van der Waals surface area contributed by atoms with Gasteiger partial charge in [0.2, 0.25) is 5.95 Å². The van der Waals surface area contributed by atoms with Crippen molar-refractivity contribution < 1.29 is 19.1 Å². The number of fused-ring (bicyclic) bond motifs is 2. The maximum absolute atomic E-state index is 14.3. The summed E-state index contributed by atoms with van der Waals surface area (Å²) >= 11 is 0. The summed E-state index contributed by atoms with van der Waals surface area (Å²) in [4.78, 5) is 60.3. The molecule has 0 radical (unpaired) electrons. The first-order valence-electron chi connectivity index (χ1n) is 16.0. The predicted molar refractivity (Wildman–Crippen MR) is 184 cm³/mol. The number of carbonyl (C=O) groups is 2. The highest BCUT2D eigenvalue weighted by molar-refractivity contribution is 5.85. The van der Waals surface area contributed by atoms with Crippen molar-refractivity contribution >= 4 is 40.2 Å². The summed E-state index contributed by atoms with van der Waals surface area (Å²) in [5.74, 6) is 6.42. The predicted octanol–water partition coefficient (Wildman–Crippen LogP) is 3.90. The second kappa shape index (κ2) is 13.1. The van der Waals surface area contributed by atoms with E-state index >= 15 is 0 Å². The average Bonchev–Trinajstić information content (AvgIpc) is 3.54. The Morgan fingerprint density at radius 2 is 1.71 bits per heavy atom. The lowest BCUT2D eigenvalue weighted by atomic mass is 10.1. The lowest BCUT2D eigenvalue weighted by Gasteiger charge is -2.34. The van der Waals surface area contributed by atoms with Crippen molar-refractivity contribution in [1.82, 2.24) is 28.7 Å². The SMILES string of the molecule is CC#CCn1c(N2CCCC(NC(=O)OC(C)(C)C)C2)nc2c1c(=O)n(Cc1cc3ccccc3n1NC(=O)OC(C)(C)C)c(=O)n2C. The first-order chi connectivity index (χ1) is 22.6. The van der Waals surface area contributed by atoms with Crippen molar-refractivity contribution in [2.75, 3.05) is 23.4 Å². The van der Waals surface area contributed by atoms with Crippen LogP contribution in [0.5, 0.6) is 0 Å². The number of nitrogens with zero attached hydrogens (tertiary/aromatic N) is 6. The molecule has 1 aliphatic rings. The maximum Gasteiger partial charge on any atom is 0.426 e. The van der Waals surface area contributed by atoms with Gasteiger partial charge < -0.3 is 19.7 Å². The minimum absolute atomic E-state index is 0.141. The van der Waals surface area contributed by atoms with Crippen LogP contribution < -0.4 is 26.9 Å². The number of amides is 2. The minimum Gasteiger partial charge on any atom is -0.444 e. The smallest absolute Gasteiger partial charge is 0.426 e. The number of hydrogen-bond donors (Lipinski definition) is 2. The van der Waals surface area contributed by atoms with Gasteiger partial charge in [-0.2, -0.15) is 4.98 Å². The molecule has 0 spiro atoms. The molecule has 1 unspecified atom stereocenters. The van der Waals surface area contributed by atoms with Crippen LogP contribution in [0.4, 0.5) is 15.5 Å². The minimum atomic E-state index is -0.733. The topological polar surface area (TPSA) is 147 Å². The van der Waals surface area contributed by atoms with Crippen molar-refractivity contribution in [3.8, 4) is 11.8 Å². The van der Waals surface area contributed by atoms with Gasteiger partial charge in [-0.1, -0.05) is 24.1 Å². The van der Waals surface area contributed by atoms with Crippen molar-refractivity contribution in [2.24, 2.45) is 7.05 Å². The van der Waals surface area contributed by atoms with Crippen LogP contribution in [0.3, 0.4) is 0 Å². The van der Waals surface area contributed by atoms with E-state index in [0.29, 0.717) is 30.2 Å². The highest BCUT2D eigenvalue weighted by atomic mass is 16.6. The van der Waals surface area contributed by atoms with Gasteiger partial charge >= 0.3 is 17.9 Å². The Morgan fingerprint density at radius 1 is 1.02 bits per heavy atom. The summed E-state index contributed by atoms with van der Waals surface area (Å²) in [6.07, 6.45) is 0.342. The number of aromatic nitrogens is 5. The standard InChI is InChI=1S/C34H44N8O6/c1-9-10-18-40-26-27(36-29(40)39-17-13-15-23(20-39)35-30(44)47-33(2,3)4)38(8)32(46)41(28(26)43)21-24-19-22-14-11-12-16-25(22)42(24)37-31(45)48-34(5,6)7/h11-12,14,16,19,23H,13,15,17-18,20-21H2,1-8H3,(H,35,44)(H,37,45). The number of nitrogens with one attached hydrogen (secondary N) is 2. The first-order valence-corrected chi connectivity index (χ1v) is 16.0. The van der Waals surface area contributed by atoms with Crippen molar-refractivity contribution in [3.05, 3.63) is 56.9 Å². The van der Waals surface area contributed by atoms with Gasteiger partial charge in [-0.05, 0) is 73.4 Å². The van der Waals surface area contributed by atoms with E-state index in [-0.39, 0.29) is 30.3 Å². The summed E-state index contributed by atoms with van der Waals surface area (Å²) in [6.45, 7) is 13.5. The van der Waals surface area contributed by atoms with Gasteiger partial charge in [0.1, 0.15) is 11.2 Å². The van der Waals surface area contributed by atoms with Crippen LogP contribution >= 0.6 is 0 Å². The van der Waals surface area contributed by atoms with Crippen molar-refractivity contribution in [3.63, 3.8) is 0 Å². The van der Waals surface area contributed by atoms with Crippen molar-refractivity contribution in [1.29, 1.82) is 0 Å². The molecule has 2 N–H and O–H groups in total. The average molecular weight is 661 g/mol. The van der Waals surface area contributed by atoms with E-state index in [1.165, 1.54) is 9.24 Å². The summed E-state index contributed by atoms with van der Waals surface area (Å²) in [7, 11) is 1.57. The van der Waals surface area contributed by atoms with Crippen LogP contribution in [0, 0.1) is 11.8 Å². The van der Waals surface area contributed by atoms with E-state index in [9.17, 15) is 19.2 Å². The third kappa shape index (κ3) is 7.35. The lowest BCUT2D eigenvalue weighted by molar-refractivity contribution is 0.0498. The molecule has 14 nitrogen and oxygen atoms in total. The zero-order valence-corrected chi connectivity index (χ0v) is 28.8. The van der Waals surface area contributed by atoms with E-state index < -0.39 is 34.6 Å². The number of aryl methyl sites for hydroxylation is 1. The molecular weight excluding hydrogens is 616 g/mol. The quantitative estimate of drug-likeness (QED) is 0.296. The number of carbonyl (C=O) groups excluding carboxylic acids is 2. The molecule has 1 saturated heterocycles. The summed E-state index contributed by atoms with van der Waals surface area (Å²) in [6, 6.07) is 9.02. The Kier molecular flexibility index (Phi) is 9.35. The largest absolute Gasteiger partial charge is 0.444 e. The highest BCUT2D eigenvalue weighted by Gasteiger charge is 2.29. The molecular formula is C34H44N8O6. The van der Waals surface area contributed by atoms with Gasteiger partial charge in [0.25, 0.3) is 5.56 Å². The maximum atomic E-state index is 14.3. The third-order valence-corrected chi connectivity index (χ3v) is 7.76. The molecule has 5 rings (SSSR count). The van der Waals surface area contributed by atoms with Crippen LogP contribution in [0.15, 0.2) is 39.9 Å². The van der Waals surface area contributed by atoms with E-state index in [2.05, 4.69) is 22.6 Å². The summed E-state index contributed by atoms with van der Waals surface area (Å²) < 4.78 is 16.7. The molecule has 256 valence electrons. The highest BCUT2D eigenvalue weighted by Crippen LogP contribution is 2.24. The number of hydrogen-bond acceptors (Lipinski definition) is 8. The Bertz CT molecular complexity index is 2040. The molecule has 48 heavy (non-hydrogen) atoms. The molecule has 4 heterocycles. The van der Waals surface area contributed by atoms with Gasteiger partial charge in [-0.15, -0.1) is 5.92 Å². The number of alkyl carbamates (subject to hydrolysis) is 1. The van der Waals surface area contributed by atoms with Gasteiger partial charge in [0.05, 0.1) is 24.3 Å². The van der Waals surface area contributed by atoms with Crippen LogP contribution in [-0.2, 0) is 29.6 Å². The van der Waals surface area contributed by atoms with Crippen LogP contribution in [-0.4, -0.2) is 65.9 Å². The number of benzene rings is 1. The molecule has 3 aromatic heterocycles. The molecule has 1 fully saturated rings. The van der Waals surface area contributed by atoms with E-state index in [0.717, 1.165) is 22.8 Å². The van der Waals surface area contributed by atoms with E-state index in [1.807, 2.05) is 56.0 Å². The first kappa shape index (κ1) is 34.2. The Balaban J connectivity index is 1.56. The zero-order chi connectivity index (χ0) is 35.0. The van der Waals surface area contributed by atoms with E-state index in [1.54, 1.807) is 39.3 Å². The zero-order valence-electron chi connectivity index (χ0n) is 28.8. The second-order valence-corrected chi connectivity index (χ2v) is 13.9. The fourth-order valence-corrected chi connectivity index (χ4v) is 5.81. The summed E-state index contributed by atoms with van der Waals surface area (Å²) in [5.41, 5.74) is 1.91. The normalized spacial score (nSPS) is 15.2.